The maximum atomic E-state index is 11.4. The van der Waals surface area contributed by atoms with Gasteiger partial charge < -0.3 is 10.6 Å². The van der Waals surface area contributed by atoms with Gasteiger partial charge in [0.2, 0.25) is 0 Å². The van der Waals surface area contributed by atoms with E-state index >= 15 is 0 Å². The fourth-order valence-electron chi connectivity index (χ4n) is 1.28. The van der Waals surface area contributed by atoms with Crippen molar-refractivity contribution in [3.63, 3.8) is 0 Å². The van der Waals surface area contributed by atoms with E-state index in [1.807, 2.05) is 0 Å². The quantitative estimate of drug-likeness (QED) is 0.597. The van der Waals surface area contributed by atoms with E-state index < -0.39 is 11.8 Å². The molecule has 1 heterocycles. The molecule has 0 aliphatic heterocycles. The Hall–Kier alpha value is -1.91. The summed E-state index contributed by atoms with van der Waals surface area (Å²) in [5.41, 5.74) is 0.515. The molecule has 5 nitrogen and oxygen atoms in total. The smallest absolute Gasteiger partial charge is 0.313 e. The number of anilines is 1. The van der Waals surface area contributed by atoms with Crippen molar-refractivity contribution in [2.75, 3.05) is 11.9 Å². The van der Waals surface area contributed by atoms with Crippen LogP contribution in [0.2, 0.25) is 0 Å². The van der Waals surface area contributed by atoms with Crippen LogP contribution in [0.5, 0.6) is 0 Å². The molecule has 2 amide bonds. The highest BCUT2D eigenvalue weighted by Gasteiger charge is 2.12. The second-order valence-electron chi connectivity index (χ2n) is 3.66. The summed E-state index contributed by atoms with van der Waals surface area (Å²) in [6.45, 7) is 2.62. The van der Waals surface area contributed by atoms with E-state index in [1.165, 1.54) is 6.20 Å². The largest absolute Gasteiger partial charge is 0.348 e. The minimum absolute atomic E-state index is 0.515. The zero-order chi connectivity index (χ0) is 12.5. The van der Waals surface area contributed by atoms with Crippen LogP contribution in [0.4, 0.5) is 5.69 Å². The van der Waals surface area contributed by atoms with Gasteiger partial charge in [-0.25, -0.2) is 0 Å². The molecule has 0 unspecified atom stereocenters. The summed E-state index contributed by atoms with van der Waals surface area (Å²) in [6.07, 6.45) is 6.10. The average molecular weight is 235 g/mol. The number of nitrogens with one attached hydrogen (secondary N) is 2. The summed E-state index contributed by atoms with van der Waals surface area (Å²) in [6, 6.07) is 3.37. The Balaban J connectivity index is 2.30. The molecular formula is C12H17N3O2. The van der Waals surface area contributed by atoms with Crippen molar-refractivity contribution in [2.24, 2.45) is 0 Å². The monoisotopic (exact) mass is 235 g/mol. The van der Waals surface area contributed by atoms with Crippen LogP contribution in [-0.4, -0.2) is 23.3 Å². The Morgan fingerprint density at radius 2 is 2.12 bits per heavy atom. The van der Waals surface area contributed by atoms with Gasteiger partial charge in [0.05, 0.1) is 11.9 Å². The van der Waals surface area contributed by atoms with E-state index in [2.05, 4.69) is 22.5 Å². The van der Waals surface area contributed by atoms with Crippen molar-refractivity contribution in [1.29, 1.82) is 0 Å². The van der Waals surface area contributed by atoms with Gasteiger partial charge >= 0.3 is 11.8 Å². The number of aromatic nitrogens is 1. The summed E-state index contributed by atoms with van der Waals surface area (Å²) in [5, 5.41) is 5.04. The maximum Gasteiger partial charge on any atom is 0.313 e. The molecule has 0 aliphatic carbocycles. The number of hydrogen-bond acceptors (Lipinski definition) is 3. The first-order valence-corrected chi connectivity index (χ1v) is 5.73. The summed E-state index contributed by atoms with van der Waals surface area (Å²) in [5.74, 6) is -1.26. The fourth-order valence-corrected chi connectivity index (χ4v) is 1.28. The maximum absolute atomic E-state index is 11.4. The lowest BCUT2D eigenvalue weighted by atomic mass is 10.2. The molecule has 17 heavy (non-hydrogen) atoms. The van der Waals surface area contributed by atoms with Gasteiger partial charge in [-0.3, -0.25) is 14.6 Å². The van der Waals surface area contributed by atoms with Crippen molar-refractivity contribution in [1.82, 2.24) is 10.3 Å². The molecule has 5 heteroatoms. The van der Waals surface area contributed by atoms with Crippen LogP contribution >= 0.6 is 0 Å². The summed E-state index contributed by atoms with van der Waals surface area (Å²) >= 11 is 0. The predicted molar refractivity (Wildman–Crippen MR) is 65.4 cm³/mol. The molecule has 0 fully saturated rings. The molecule has 0 aliphatic rings. The van der Waals surface area contributed by atoms with Crippen LogP contribution in [0.25, 0.3) is 0 Å². The molecule has 1 aromatic rings. The molecule has 0 spiro atoms. The third-order valence-electron chi connectivity index (χ3n) is 2.19. The molecule has 2 N–H and O–H groups in total. The third kappa shape index (κ3) is 5.10. The van der Waals surface area contributed by atoms with Crippen LogP contribution < -0.4 is 10.6 Å². The molecule has 92 valence electrons. The highest BCUT2D eigenvalue weighted by molar-refractivity contribution is 6.39. The Morgan fingerprint density at radius 1 is 1.29 bits per heavy atom. The Labute approximate surface area is 101 Å². The van der Waals surface area contributed by atoms with Crippen molar-refractivity contribution in [2.45, 2.75) is 26.2 Å². The number of nitrogens with zero attached hydrogens (tertiary/aromatic N) is 1. The van der Waals surface area contributed by atoms with E-state index in [0.717, 1.165) is 19.3 Å². The van der Waals surface area contributed by atoms with Crippen LogP contribution in [0.15, 0.2) is 24.5 Å². The Morgan fingerprint density at radius 3 is 2.76 bits per heavy atom. The van der Waals surface area contributed by atoms with Gasteiger partial charge in [-0.2, -0.15) is 0 Å². The van der Waals surface area contributed by atoms with Crippen molar-refractivity contribution in [3.05, 3.63) is 24.5 Å². The lowest BCUT2D eigenvalue weighted by molar-refractivity contribution is -0.136. The zero-order valence-corrected chi connectivity index (χ0v) is 9.90. The van der Waals surface area contributed by atoms with Crippen LogP contribution in [0.3, 0.4) is 0 Å². The number of amides is 2. The van der Waals surface area contributed by atoms with Gasteiger partial charge in [0.1, 0.15) is 0 Å². The second-order valence-corrected chi connectivity index (χ2v) is 3.66. The minimum Gasteiger partial charge on any atom is -0.348 e. The highest BCUT2D eigenvalue weighted by atomic mass is 16.2. The molecular weight excluding hydrogens is 218 g/mol. The molecule has 1 rings (SSSR count). The van der Waals surface area contributed by atoms with Crippen molar-refractivity contribution >= 4 is 17.5 Å². The number of unbranched alkanes of at least 4 members (excludes halogenated alkanes) is 2. The standard InChI is InChI=1S/C12H17N3O2/c1-2-3-4-8-14-11(16)12(17)15-10-6-5-7-13-9-10/h5-7,9H,2-4,8H2,1H3,(H,14,16)(H,15,17). The van der Waals surface area contributed by atoms with E-state index in [0.29, 0.717) is 12.2 Å². The summed E-state index contributed by atoms with van der Waals surface area (Å²) in [7, 11) is 0. The topological polar surface area (TPSA) is 71.1 Å². The second kappa shape index (κ2) is 7.38. The van der Waals surface area contributed by atoms with Gasteiger partial charge in [0.25, 0.3) is 0 Å². The van der Waals surface area contributed by atoms with E-state index in [9.17, 15) is 9.59 Å². The molecule has 0 saturated heterocycles. The van der Waals surface area contributed by atoms with Gasteiger partial charge in [0, 0.05) is 12.7 Å². The minimum atomic E-state index is -0.658. The fraction of sp³-hybridized carbons (Fsp3) is 0.417. The highest BCUT2D eigenvalue weighted by Crippen LogP contribution is 2.01. The number of hydrogen-bond donors (Lipinski definition) is 2. The third-order valence-corrected chi connectivity index (χ3v) is 2.19. The van der Waals surface area contributed by atoms with E-state index in [-0.39, 0.29) is 0 Å². The van der Waals surface area contributed by atoms with Crippen LogP contribution in [-0.2, 0) is 9.59 Å². The number of pyridine rings is 1. The normalized spacial score (nSPS) is 9.71. The first kappa shape index (κ1) is 13.2. The van der Waals surface area contributed by atoms with Crippen LogP contribution in [0.1, 0.15) is 26.2 Å². The van der Waals surface area contributed by atoms with Crippen molar-refractivity contribution < 1.29 is 9.59 Å². The molecule has 0 radical (unpaired) electrons. The lowest BCUT2D eigenvalue weighted by Gasteiger charge is -2.05. The predicted octanol–water partition coefficient (Wildman–Crippen LogP) is 1.33. The van der Waals surface area contributed by atoms with Gasteiger partial charge in [-0.1, -0.05) is 19.8 Å². The lowest BCUT2D eigenvalue weighted by Crippen LogP contribution is -2.35. The zero-order valence-electron chi connectivity index (χ0n) is 9.90. The van der Waals surface area contributed by atoms with Crippen molar-refractivity contribution in [3.8, 4) is 0 Å². The van der Waals surface area contributed by atoms with Gasteiger partial charge in [-0.05, 0) is 18.6 Å². The first-order valence-electron chi connectivity index (χ1n) is 5.73. The Kier molecular flexibility index (Phi) is 5.71. The molecule has 0 bridgehead atoms. The molecule has 1 aromatic heterocycles. The summed E-state index contributed by atoms with van der Waals surface area (Å²) in [4.78, 5) is 26.6. The molecule has 0 aromatic carbocycles. The van der Waals surface area contributed by atoms with E-state index in [1.54, 1.807) is 18.3 Å². The average Bonchev–Trinajstić information content (AvgIpc) is 2.35. The van der Waals surface area contributed by atoms with Gasteiger partial charge in [-0.15, -0.1) is 0 Å². The first-order chi connectivity index (χ1) is 8.24. The van der Waals surface area contributed by atoms with Crippen LogP contribution in [0, 0.1) is 0 Å². The van der Waals surface area contributed by atoms with Gasteiger partial charge in [0.15, 0.2) is 0 Å². The number of carbonyl (C=O) groups is 2. The molecule has 0 atom stereocenters. The SMILES string of the molecule is CCCCCNC(=O)C(=O)Nc1cccnc1. The Bertz CT molecular complexity index is 365. The number of carbonyl (C=O) groups excluding carboxylic acids is 2. The molecule has 0 saturated carbocycles. The number of rotatable bonds is 5. The van der Waals surface area contributed by atoms with E-state index in [4.69, 9.17) is 0 Å². The summed E-state index contributed by atoms with van der Waals surface area (Å²) < 4.78 is 0.